The van der Waals surface area contributed by atoms with Gasteiger partial charge in [0.25, 0.3) is 0 Å². The lowest BCUT2D eigenvalue weighted by Gasteiger charge is -2.60. The van der Waals surface area contributed by atoms with E-state index in [4.69, 9.17) is 0 Å². The van der Waals surface area contributed by atoms with E-state index in [1.165, 1.54) is 23.6 Å². The van der Waals surface area contributed by atoms with Gasteiger partial charge in [-0.3, -0.25) is 0 Å². The van der Waals surface area contributed by atoms with E-state index in [0.717, 1.165) is 23.7 Å². The Balaban J connectivity index is 1.47. The van der Waals surface area contributed by atoms with Crippen LogP contribution in [-0.4, -0.2) is 0 Å². The first-order valence-corrected chi connectivity index (χ1v) is 9.31. The van der Waals surface area contributed by atoms with Crippen molar-refractivity contribution in [3.63, 3.8) is 0 Å². The third kappa shape index (κ3) is 1.44. The Bertz CT molecular complexity index is 694. The Morgan fingerprint density at radius 1 is 0.682 bits per heavy atom. The number of rotatable bonds is 0. The summed E-state index contributed by atoms with van der Waals surface area (Å²) in [6.45, 7) is 0. The third-order valence-electron chi connectivity index (χ3n) is 7.87. The van der Waals surface area contributed by atoms with E-state index in [-0.39, 0.29) is 0 Å². The molecular weight excluding hydrogens is 264 g/mol. The van der Waals surface area contributed by atoms with Crippen molar-refractivity contribution >= 4 is 10.8 Å². The molecule has 0 heterocycles. The summed E-state index contributed by atoms with van der Waals surface area (Å²) >= 11 is 0. The zero-order valence-corrected chi connectivity index (χ0v) is 13.2. The van der Waals surface area contributed by atoms with Crippen LogP contribution in [0.15, 0.2) is 36.4 Å². The van der Waals surface area contributed by atoms with Gasteiger partial charge in [0.05, 0.1) is 0 Å². The summed E-state index contributed by atoms with van der Waals surface area (Å²) in [5.41, 5.74) is 4.03. The smallest absolute Gasteiger partial charge is 0.0160 e. The summed E-state index contributed by atoms with van der Waals surface area (Å²) in [6.07, 6.45) is 10.6. The molecule has 2 aromatic carbocycles. The second-order valence-corrected chi connectivity index (χ2v) is 8.86. The average molecular weight is 288 g/mol. The minimum absolute atomic E-state index is 0.660. The van der Waals surface area contributed by atoms with Crippen LogP contribution < -0.4 is 0 Å². The fraction of sp³-hybridized carbons (Fsp3) is 0.545. The first-order chi connectivity index (χ1) is 10.8. The normalized spacial score (nSPS) is 37.1. The maximum atomic E-state index is 2.52. The Morgan fingerprint density at radius 2 is 1.18 bits per heavy atom. The Kier molecular flexibility index (Phi) is 2.19. The lowest BCUT2D eigenvalue weighted by Crippen LogP contribution is -2.53. The molecule has 1 spiro atoms. The van der Waals surface area contributed by atoms with E-state index in [1.807, 2.05) is 0 Å². The molecule has 0 nitrogen and oxygen atoms in total. The molecule has 0 aliphatic heterocycles. The molecule has 4 bridgehead atoms. The predicted octanol–water partition coefficient (Wildman–Crippen LogP) is 5.38. The van der Waals surface area contributed by atoms with E-state index in [2.05, 4.69) is 36.4 Å². The van der Waals surface area contributed by atoms with Gasteiger partial charge in [-0.15, -0.1) is 0 Å². The topological polar surface area (TPSA) is 0 Å². The van der Waals surface area contributed by atoms with Gasteiger partial charge in [0, 0.05) is 0 Å². The summed E-state index contributed by atoms with van der Waals surface area (Å²) < 4.78 is 0. The fourth-order valence-electron chi connectivity index (χ4n) is 7.14. The molecule has 0 heteroatoms. The van der Waals surface area contributed by atoms with Crippen LogP contribution in [-0.2, 0) is 12.8 Å². The molecule has 0 radical (unpaired) electrons. The molecular formula is C22H24. The minimum Gasteiger partial charge on any atom is -0.0616 e. The SMILES string of the molecule is c1ccc2cc3c(cc2c1)CC1(C3)C2CC3CC(C2)CC1C3. The van der Waals surface area contributed by atoms with Gasteiger partial charge in [-0.1, -0.05) is 36.4 Å². The van der Waals surface area contributed by atoms with Gasteiger partial charge in [0.15, 0.2) is 0 Å². The number of hydrogen-bond acceptors (Lipinski definition) is 0. The molecule has 0 aromatic heterocycles. The molecule has 112 valence electrons. The Morgan fingerprint density at radius 3 is 1.68 bits per heavy atom. The van der Waals surface area contributed by atoms with Crippen molar-refractivity contribution < 1.29 is 0 Å². The highest BCUT2D eigenvalue weighted by molar-refractivity contribution is 5.84. The van der Waals surface area contributed by atoms with Crippen molar-refractivity contribution in [1.29, 1.82) is 0 Å². The highest BCUT2D eigenvalue weighted by Crippen LogP contribution is 2.66. The third-order valence-corrected chi connectivity index (χ3v) is 7.87. The van der Waals surface area contributed by atoms with E-state index in [9.17, 15) is 0 Å². The molecule has 0 N–H and O–H groups in total. The van der Waals surface area contributed by atoms with Crippen LogP contribution in [0.2, 0.25) is 0 Å². The lowest BCUT2D eigenvalue weighted by molar-refractivity contribution is -0.103. The highest BCUT2D eigenvalue weighted by atomic mass is 14.6. The van der Waals surface area contributed by atoms with E-state index < -0.39 is 0 Å². The van der Waals surface area contributed by atoms with Crippen LogP contribution in [0, 0.1) is 29.1 Å². The van der Waals surface area contributed by atoms with Gasteiger partial charge in [0.1, 0.15) is 0 Å². The van der Waals surface area contributed by atoms with Crippen molar-refractivity contribution in [2.45, 2.75) is 44.9 Å². The van der Waals surface area contributed by atoms with E-state index in [1.54, 1.807) is 43.2 Å². The van der Waals surface area contributed by atoms with Gasteiger partial charge >= 0.3 is 0 Å². The van der Waals surface area contributed by atoms with Crippen molar-refractivity contribution in [1.82, 2.24) is 0 Å². The van der Waals surface area contributed by atoms with Crippen LogP contribution in [0.4, 0.5) is 0 Å². The molecule has 5 aliphatic rings. The van der Waals surface area contributed by atoms with Crippen LogP contribution >= 0.6 is 0 Å². The summed E-state index contributed by atoms with van der Waals surface area (Å²) in [4.78, 5) is 0. The van der Waals surface area contributed by atoms with Crippen LogP contribution in [0.3, 0.4) is 0 Å². The maximum absolute atomic E-state index is 2.52. The summed E-state index contributed by atoms with van der Waals surface area (Å²) in [5.74, 6) is 4.27. The number of fused-ring (bicyclic) bond motifs is 2. The van der Waals surface area contributed by atoms with Gasteiger partial charge in [-0.25, -0.2) is 0 Å². The van der Waals surface area contributed by atoms with E-state index in [0.29, 0.717) is 5.41 Å². The number of hydrogen-bond donors (Lipinski definition) is 0. The Labute approximate surface area is 132 Å². The minimum atomic E-state index is 0.660. The molecule has 0 saturated heterocycles. The van der Waals surface area contributed by atoms with Crippen LogP contribution in [0.25, 0.3) is 10.8 Å². The van der Waals surface area contributed by atoms with Crippen molar-refractivity contribution in [3.05, 3.63) is 47.5 Å². The first kappa shape index (κ1) is 12.2. The predicted molar refractivity (Wildman–Crippen MR) is 90.8 cm³/mol. The lowest BCUT2D eigenvalue weighted by atomic mass is 9.44. The first-order valence-electron chi connectivity index (χ1n) is 9.31. The molecule has 7 rings (SSSR count). The van der Waals surface area contributed by atoms with Crippen molar-refractivity contribution in [2.75, 3.05) is 0 Å². The van der Waals surface area contributed by atoms with E-state index >= 15 is 0 Å². The average Bonchev–Trinajstić information content (AvgIpc) is 2.89. The Hall–Kier alpha value is -1.30. The molecule has 2 aromatic rings. The van der Waals surface area contributed by atoms with Crippen LogP contribution in [0.5, 0.6) is 0 Å². The van der Waals surface area contributed by atoms with Gasteiger partial charge in [-0.2, -0.15) is 0 Å². The molecule has 22 heavy (non-hydrogen) atoms. The fourth-order valence-corrected chi connectivity index (χ4v) is 7.14. The molecule has 4 fully saturated rings. The summed E-state index contributed by atoms with van der Waals surface area (Å²) in [6, 6.07) is 14.0. The van der Waals surface area contributed by atoms with Gasteiger partial charge in [0.2, 0.25) is 0 Å². The van der Waals surface area contributed by atoms with Crippen LogP contribution in [0.1, 0.15) is 43.2 Å². The maximum Gasteiger partial charge on any atom is -0.0160 e. The standard InChI is InChI=1S/C22H24/c1-2-4-17-11-19-13-22(12-18(19)10-16(17)3-1)20-6-14-5-15(8-20)9-21(22)7-14/h1-4,10-11,14-15,20-21H,5-9,12-13H2. The molecule has 0 amide bonds. The largest absolute Gasteiger partial charge is 0.0616 e. The zero-order chi connectivity index (χ0) is 14.3. The zero-order valence-electron chi connectivity index (χ0n) is 13.2. The number of benzene rings is 2. The molecule has 4 saturated carbocycles. The molecule has 5 aliphatic carbocycles. The van der Waals surface area contributed by atoms with Gasteiger partial charge in [-0.05, 0) is 95.9 Å². The quantitative estimate of drug-likeness (QED) is 0.610. The second-order valence-electron chi connectivity index (χ2n) is 8.86. The van der Waals surface area contributed by atoms with Crippen molar-refractivity contribution in [3.8, 4) is 0 Å². The second kappa shape index (κ2) is 3.96. The molecule has 0 unspecified atom stereocenters. The molecule has 0 atom stereocenters. The summed E-state index contributed by atoms with van der Waals surface area (Å²) in [7, 11) is 0. The summed E-state index contributed by atoms with van der Waals surface area (Å²) in [5, 5.41) is 2.89. The van der Waals surface area contributed by atoms with Crippen molar-refractivity contribution in [2.24, 2.45) is 29.1 Å². The highest BCUT2D eigenvalue weighted by Gasteiger charge is 2.58. The van der Waals surface area contributed by atoms with Gasteiger partial charge < -0.3 is 0 Å². The monoisotopic (exact) mass is 288 g/mol.